The number of likely N-dealkylation sites (N-methyl/N-ethyl adjacent to an activating group) is 1. The predicted octanol–water partition coefficient (Wildman–Crippen LogP) is 3.14. The first kappa shape index (κ1) is 22.5. The second kappa shape index (κ2) is 9.86. The van der Waals surface area contributed by atoms with Gasteiger partial charge in [-0.1, -0.05) is 37.5 Å². The zero-order valence-electron chi connectivity index (χ0n) is 19.5. The Bertz CT molecular complexity index is 949. The zero-order chi connectivity index (χ0) is 22.7. The number of para-hydroxylation sites is 1. The van der Waals surface area contributed by atoms with Gasteiger partial charge < -0.3 is 10.2 Å². The summed E-state index contributed by atoms with van der Waals surface area (Å²) in [7, 11) is 0. The number of benzene rings is 1. The first-order chi connectivity index (χ1) is 15.5. The highest BCUT2D eigenvalue weighted by Gasteiger charge is 2.37. The summed E-state index contributed by atoms with van der Waals surface area (Å²) in [6.07, 6.45) is 5.83. The number of carbonyl (C=O) groups is 2. The van der Waals surface area contributed by atoms with Crippen LogP contribution < -0.4 is 5.32 Å². The molecule has 7 heteroatoms. The van der Waals surface area contributed by atoms with Crippen molar-refractivity contribution in [3.63, 3.8) is 0 Å². The van der Waals surface area contributed by atoms with E-state index >= 15 is 0 Å². The van der Waals surface area contributed by atoms with Crippen molar-refractivity contribution in [2.75, 3.05) is 26.2 Å². The molecule has 1 aromatic carbocycles. The Balaban J connectivity index is 1.60. The average Bonchev–Trinajstić information content (AvgIpc) is 3.10. The van der Waals surface area contributed by atoms with E-state index in [0.29, 0.717) is 19.1 Å². The smallest absolute Gasteiger partial charge is 0.242 e. The molecule has 1 aliphatic heterocycles. The number of piperazine rings is 1. The largest absolute Gasteiger partial charge is 0.353 e. The lowest BCUT2D eigenvalue weighted by atomic mass is 9.94. The minimum atomic E-state index is -0.504. The lowest BCUT2D eigenvalue weighted by molar-refractivity contribution is -0.138. The van der Waals surface area contributed by atoms with E-state index in [1.807, 2.05) is 58.7 Å². The standard InChI is InChI=1S/C25H35N5O2/c1-4-29(20-11-7-5-8-12-20)22(31)17-28-16-15-26-25(32)24(28)23-18(2)27-30(19(23)3)21-13-9-6-10-14-21/h6,9-10,13-14,20,24H,4-5,7-8,11-12,15-17H2,1-3H3,(H,26,32)/t24-/m1/s1. The fourth-order valence-corrected chi connectivity index (χ4v) is 5.36. The molecule has 2 aromatic rings. The third-order valence-corrected chi connectivity index (χ3v) is 6.95. The highest BCUT2D eigenvalue weighted by molar-refractivity contribution is 5.86. The summed E-state index contributed by atoms with van der Waals surface area (Å²) in [5.41, 5.74) is 3.63. The Labute approximate surface area is 190 Å². The van der Waals surface area contributed by atoms with Gasteiger partial charge in [-0.2, -0.15) is 5.10 Å². The summed E-state index contributed by atoms with van der Waals surface area (Å²) in [6.45, 7) is 8.21. The number of aryl methyl sites for hydroxylation is 1. The Morgan fingerprint density at radius 1 is 1.16 bits per heavy atom. The van der Waals surface area contributed by atoms with Gasteiger partial charge in [-0.15, -0.1) is 0 Å². The minimum Gasteiger partial charge on any atom is -0.353 e. The number of amides is 2. The van der Waals surface area contributed by atoms with E-state index in [4.69, 9.17) is 5.10 Å². The molecule has 2 fully saturated rings. The van der Waals surface area contributed by atoms with Crippen molar-refractivity contribution in [2.24, 2.45) is 0 Å². The van der Waals surface area contributed by atoms with Crippen LogP contribution in [-0.4, -0.2) is 63.6 Å². The molecule has 1 saturated heterocycles. The maximum Gasteiger partial charge on any atom is 0.242 e. The van der Waals surface area contributed by atoms with Crippen molar-refractivity contribution in [1.29, 1.82) is 0 Å². The molecule has 2 aliphatic rings. The normalized spacial score (nSPS) is 20.2. The van der Waals surface area contributed by atoms with Crippen LogP contribution in [0.5, 0.6) is 0 Å². The van der Waals surface area contributed by atoms with Gasteiger partial charge in [0.05, 0.1) is 17.9 Å². The van der Waals surface area contributed by atoms with Crippen molar-refractivity contribution >= 4 is 11.8 Å². The van der Waals surface area contributed by atoms with Gasteiger partial charge in [-0.05, 0) is 45.7 Å². The Hall–Kier alpha value is -2.67. The quantitative estimate of drug-likeness (QED) is 0.754. The van der Waals surface area contributed by atoms with E-state index in [2.05, 4.69) is 12.2 Å². The molecule has 1 aromatic heterocycles. The fourth-order valence-electron chi connectivity index (χ4n) is 5.36. The molecular formula is C25H35N5O2. The van der Waals surface area contributed by atoms with E-state index in [0.717, 1.165) is 42.0 Å². The molecule has 4 rings (SSSR count). The Morgan fingerprint density at radius 3 is 2.56 bits per heavy atom. The zero-order valence-corrected chi connectivity index (χ0v) is 19.5. The highest BCUT2D eigenvalue weighted by atomic mass is 16.2. The summed E-state index contributed by atoms with van der Waals surface area (Å²) in [4.78, 5) is 30.5. The highest BCUT2D eigenvalue weighted by Crippen LogP contribution is 2.31. The van der Waals surface area contributed by atoms with Crippen LogP contribution in [0.2, 0.25) is 0 Å². The van der Waals surface area contributed by atoms with Crippen molar-refractivity contribution in [3.05, 3.63) is 47.3 Å². The van der Waals surface area contributed by atoms with Crippen molar-refractivity contribution in [1.82, 2.24) is 24.9 Å². The maximum absolute atomic E-state index is 13.4. The van der Waals surface area contributed by atoms with Gasteiger partial charge >= 0.3 is 0 Å². The minimum absolute atomic E-state index is 0.0522. The molecule has 1 atom stereocenters. The number of nitrogens with zero attached hydrogens (tertiary/aromatic N) is 4. The number of hydrogen-bond acceptors (Lipinski definition) is 4. The number of nitrogens with one attached hydrogen (secondary N) is 1. The second-order valence-corrected chi connectivity index (χ2v) is 8.97. The van der Waals surface area contributed by atoms with E-state index in [-0.39, 0.29) is 18.4 Å². The first-order valence-electron chi connectivity index (χ1n) is 11.9. The Morgan fingerprint density at radius 2 is 1.88 bits per heavy atom. The average molecular weight is 438 g/mol. The molecule has 0 unspecified atom stereocenters. The van der Waals surface area contributed by atoms with Gasteiger partial charge in [-0.3, -0.25) is 14.5 Å². The molecule has 0 spiro atoms. The van der Waals surface area contributed by atoms with E-state index in [9.17, 15) is 9.59 Å². The number of rotatable bonds is 6. The SMILES string of the molecule is CCN(C(=O)CN1CCNC(=O)[C@H]1c1c(C)nn(-c2ccccc2)c1C)C1CCCCC1. The van der Waals surface area contributed by atoms with Crippen molar-refractivity contribution in [3.8, 4) is 5.69 Å². The Kier molecular flexibility index (Phi) is 6.94. The molecule has 2 heterocycles. The van der Waals surface area contributed by atoms with Crippen LogP contribution in [0.1, 0.15) is 62.0 Å². The van der Waals surface area contributed by atoms with E-state index in [1.165, 1.54) is 19.3 Å². The van der Waals surface area contributed by atoms with E-state index in [1.54, 1.807) is 0 Å². The molecule has 0 bridgehead atoms. The van der Waals surface area contributed by atoms with Crippen LogP contribution in [0.25, 0.3) is 5.69 Å². The lowest BCUT2D eigenvalue weighted by Crippen LogP contribution is -2.54. The van der Waals surface area contributed by atoms with Crippen LogP contribution >= 0.6 is 0 Å². The molecule has 7 nitrogen and oxygen atoms in total. The fraction of sp³-hybridized carbons (Fsp3) is 0.560. The third-order valence-electron chi connectivity index (χ3n) is 6.95. The predicted molar refractivity (Wildman–Crippen MR) is 125 cm³/mol. The van der Waals surface area contributed by atoms with Gasteiger partial charge in [0.1, 0.15) is 6.04 Å². The molecule has 2 amide bonds. The van der Waals surface area contributed by atoms with Crippen LogP contribution in [-0.2, 0) is 9.59 Å². The van der Waals surface area contributed by atoms with E-state index < -0.39 is 6.04 Å². The summed E-state index contributed by atoms with van der Waals surface area (Å²) < 4.78 is 1.90. The van der Waals surface area contributed by atoms with Gasteiger partial charge in [0.2, 0.25) is 11.8 Å². The summed E-state index contributed by atoms with van der Waals surface area (Å²) >= 11 is 0. The molecule has 1 aliphatic carbocycles. The van der Waals surface area contributed by atoms with Crippen LogP contribution in [0.15, 0.2) is 30.3 Å². The van der Waals surface area contributed by atoms with Gasteiger partial charge in [0.15, 0.2) is 0 Å². The van der Waals surface area contributed by atoms with Crippen LogP contribution in [0, 0.1) is 13.8 Å². The number of aromatic nitrogens is 2. The van der Waals surface area contributed by atoms with Gasteiger partial charge in [0.25, 0.3) is 0 Å². The summed E-state index contributed by atoms with van der Waals surface area (Å²) in [5, 5.41) is 7.74. The van der Waals surface area contributed by atoms with Crippen LogP contribution in [0.4, 0.5) is 0 Å². The maximum atomic E-state index is 13.4. The lowest BCUT2D eigenvalue weighted by Gasteiger charge is -2.38. The molecule has 1 saturated carbocycles. The van der Waals surface area contributed by atoms with Crippen molar-refractivity contribution in [2.45, 2.75) is 65.0 Å². The molecule has 1 N–H and O–H groups in total. The van der Waals surface area contributed by atoms with Crippen LogP contribution in [0.3, 0.4) is 0 Å². The topological polar surface area (TPSA) is 70.5 Å². The summed E-state index contributed by atoms with van der Waals surface area (Å²) in [5.74, 6) is 0.0773. The molecule has 32 heavy (non-hydrogen) atoms. The number of carbonyl (C=O) groups excluding carboxylic acids is 2. The summed E-state index contributed by atoms with van der Waals surface area (Å²) in [6, 6.07) is 9.79. The second-order valence-electron chi connectivity index (χ2n) is 8.97. The monoisotopic (exact) mass is 437 g/mol. The van der Waals surface area contributed by atoms with Gasteiger partial charge in [0, 0.05) is 36.9 Å². The molecule has 0 radical (unpaired) electrons. The number of hydrogen-bond donors (Lipinski definition) is 1. The first-order valence-corrected chi connectivity index (χ1v) is 11.9. The third kappa shape index (κ3) is 4.44. The van der Waals surface area contributed by atoms with Crippen molar-refractivity contribution < 1.29 is 9.59 Å². The van der Waals surface area contributed by atoms with Gasteiger partial charge in [-0.25, -0.2) is 4.68 Å². The molecular weight excluding hydrogens is 402 g/mol. The molecule has 172 valence electrons.